The minimum atomic E-state index is -0.503. The highest BCUT2D eigenvalue weighted by molar-refractivity contribution is 5.89. The van der Waals surface area contributed by atoms with Gasteiger partial charge >= 0.3 is 0 Å². The van der Waals surface area contributed by atoms with Crippen molar-refractivity contribution in [1.82, 2.24) is 5.32 Å². The molecule has 2 aliphatic rings. The molecule has 2 N–H and O–H groups in total. The Bertz CT molecular complexity index is 916. The van der Waals surface area contributed by atoms with Crippen LogP contribution in [0.1, 0.15) is 41.3 Å². The second-order valence-electron chi connectivity index (χ2n) is 6.53. The topological polar surface area (TPSA) is 32.3 Å². The lowest BCUT2D eigenvalue weighted by Gasteiger charge is -2.37. The van der Waals surface area contributed by atoms with Gasteiger partial charge in [0, 0.05) is 0 Å². The van der Waals surface area contributed by atoms with E-state index in [2.05, 4.69) is 66.8 Å². The standard InChI is InChI=1S/C20H17NO/c1-20-15-9-5-4-8-14(15)19(22)18(21-20)17-13-7-3-2-6-12(13)10-11-16(17)20/h2-11,18-19,21-22H,1H3. The van der Waals surface area contributed by atoms with Crippen molar-refractivity contribution in [3.05, 3.63) is 82.9 Å². The number of aliphatic hydroxyl groups excluding tert-OH is 1. The number of hydrogen-bond acceptors (Lipinski definition) is 2. The number of rotatable bonds is 0. The third-order valence-corrected chi connectivity index (χ3v) is 5.40. The predicted molar refractivity (Wildman–Crippen MR) is 87.7 cm³/mol. The third kappa shape index (κ3) is 1.32. The van der Waals surface area contributed by atoms with E-state index in [-0.39, 0.29) is 11.6 Å². The molecule has 0 saturated carbocycles. The normalized spacial score (nSPS) is 28.5. The van der Waals surface area contributed by atoms with Crippen LogP contribution >= 0.6 is 0 Å². The van der Waals surface area contributed by atoms with Gasteiger partial charge < -0.3 is 5.11 Å². The second kappa shape index (κ2) is 3.97. The molecule has 3 aromatic rings. The Hall–Kier alpha value is -2.16. The van der Waals surface area contributed by atoms with Crippen LogP contribution in [0.15, 0.2) is 60.7 Å². The Kier molecular flexibility index (Phi) is 2.24. The smallest absolute Gasteiger partial charge is 0.0988 e. The minimum absolute atomic E-state index is 0.0407. The van der Waals surface area contributed by atoms with Gasteiger partial charge in [-0.25, -0.2) is 0 Å². The monoisotopic (exact) mass is 287 g/mol. The van der Waals surface area contributed by atoms with Crippen molar-refractivity contribution in [2.24, 2.45) is 0 Å². The maximum atomic E-state index is 10.9. The molecule has 2 heteroatoms. The zero-order valence-corrected chi connectivity index (χ0v) is 12.4. The molecule has 2 bridgehead atoms. The van der Waals surface area contributed by atoms with Crippen molar-refractivity contribution in [3.63, 3.8) is 0 Å². The Morgan fingerprint density at radius 2 is 1.68 bits per heavy atom. The summed E-state index contributed by atoms with van der Waals surface area (Å²) in [5.74, 6) is 0. The lowest BCUT2D eigenvalue weighted by molar-refractivity contribution is 0.109. The summed E-state index contributed by atoms with van der Waals surface area (Å²) in [6, 6.07) is 21.1. The first-order valence-corrected chi connectivity index (χ1v) is 7.77. The zero-order valence-electron chi connectivity index (χ0n) is 12.4. The molecule has 5 rings (SSSR count). The lowest BCUT2D eigenvalue weighted by Crippen LogP contribution is -2.43. The fourth-order valence-electron chi connectivity index (χ4n) is 4.38. The summed E-state index contributed by atoms with van der Waals surface area (Å²) in [5.41, 5.74) is 4.56. The van der Waals surface area contributed by atoms with Crippen molar-refractivity contribution >= 4 is 10.8 Å². The van der Waals surface area contributed by atoms with E-state index >= 15 is 0 Å². The van der Waals surface area contributed by atoms with Crippen molar-refractivity contribution in [3.8, 4) is 0 Å². The number of fused-ring (bicyclic) bond motifs is 9. The van der Waals surface area contributed by atoms with Crippen LogP contribution < -0.4 is 5.32 Å². The quantitative estimate of drug-likeness (QED) is 0.659. The molecule has 0 spiro atoms. The first kappa shape index (κ1) is 12.4. The van der Waals surface area contributed by atoms with Crippen LogP contribution in [-0.4, -0.2) is 5.11 Å². The first-order chi connectivity index (χ1) is 10.7. The van der Waals surface area contributed by atoms with Crippen LogP contribution in [0.25, 0.3) is 10.8 Å². The maximum Gasteiger partial charge on any atom is 0.0988 e. The molecular formula is C20H17NO. The van der Waals surface area contributed by atoms with Gasteiger partial charge in [-0.1, -0.05) is 60.7 Å². The van der Waals surface area contributed by atoms with Gasteiger partial charge in [0.1, 0.15) is 0 Å². The molecule has 2 aliphatic heterocycles. The largest absolute Gasteiger partial charge is 0.386 e. The van der Waals surface area contributed by atoms with Crippen LogP contribution in [0.4, 0.5) is 0 Å². The molecule has 0 saturated heterocycles. The fraction of sp³-hybridized carbons (Fsp3) is 0.200. The van der Waals surface area contributed by atoms with Crippen molar-refractivity contribution < 1.29 is 5.11 Å². The third-order valence-electron chi connectivity index (χ3n) is 5.40. The predicted octanol–water partition coefficient (Wildman–Crippen LogP) is 3.79. The van der Waals surface area contributed by atoms with Crippen LogP contribution in [0.2, 0.25) is 0 Å². The Labute approximate surface area is 129 Å². The number of benzene rings is 3. The van der Waals surface area contributed by atoms with Gasteiger partial charge in [-0.15, -0.1) is 0 Å². The van der Waals surface area contributed by atoms with Gasteiger partial charge in [-0.05, 0) is 39.9 Å². The van der Waals surface area contributed by atoms with Crippen LogP contribution in [0.5, 0.6) is 0 Å². The highest BCUT2D eigenvalue weighted by Crippen LogP contribution is 2.54. The molecule has 0 amide bonds. The van der Waals surface area contributed by atoms with E-state index in [4.69, 9.17) is 0 Å². The summed E-state index contributed by atoms with van der Waals surface area (Å²) in [6.45, 7) is 2.23. The summed E-state index contributed by atoms with van der Waals surface area (Å²) in [6.07, 6.45) is -0.503. The average Bonchev–Trinajstić information content (AvgIpc) is 2.85. The average molecular weight is 287 g/mol. The minimum Gasteiger partial charge on any atom is -0.386 e. The maximum absolute atomic E-state index is 10.9. The molecule has 2 heterocycles. The molecule has 0 aliphatic carbocycles. The van der Waals surface area contributed by atoms with Crippen LogP contribution in [0, 0.1) is 0 Å². The Balaban J connectivity index is 1.91. The van der Waals surface area contributed by atoms with E-state index in [0.717, 1.165) is 5.56 Å². The number of nitrogens with one attached hydrogen (secondary N) is 1. The molecule has 3 aromatic carbocycles. The molecule has 2 nitrogen and oxygen atoms in total. The van der Waals surface area contributed by atoms with Crippen LogP contribution in [-0.2, 0) is 5.54 Å². The molecule has 22 heavy (non-hydrogen) atoms. The fourth-order valence-corrected chi connectivity index (χ4v) is 4.38. The molecule has 0 radical (unpaired) electrons. The Morgan fingerprint density at radius 1 is 0.909 bits per heavy atom. The van der Waals surface area contributed by atoms with Gasteiger partial charge in [0.15, 0.2) is 0 Å². The van der Waals surface area contributed by atoms with Gasteiger partial charge in [-0.3, -0.25) is 5.32 Å². The number of hydrogen-bond donors (Lipinski definition) is 2. The van der Waals surface area contributed by atoms with Gasteiger partial charge in [0.25, 0.3) is 0 Å². The second-order valence-corrected chi connectivity index (χ2v) is 6.53. The SMILES string of the molecule is CC12NC(c3c1ccc1ccccc31)C(O)c1ccccc12. The van der Waals surface area contributed by atoms with E-state index in [1.807, 2.05) is 6.07 Å². The van der Waals surface area contributed by atoms with Gasteiger partial charge in [0.05, 0.1) is 17.7 Å². The molecular weight excluding hydrogens is 270 g/mol. The summed E-state index contributed by atoms with van der Waals surface area (Å²) in [4.78, 5) is 0. The molecule has 3 atom stereocenters. The number of aliphatic hydroxyl groups is 1. The summed E-state index contributed by atoms with van der Waals surface area (Å²) in [7, 11) is 0. The van der Waals surface area contributed by atoms with Crippen molar-refractivity contribution in [2.45, 2.75) is 24.6 Å². The van der Waals surface area contributed by atoms with E-state index < -0.39 is 6.10 Å². The summed E-state index contributed by atoms with van der Waals surface area (Å²) >= 11 is 0. The summed E-state index contributed by atoms with van der Waals surface area (Å²) in [5, 5.41) is 17.1. The van der Waals surface area contributed by atoms with Gasteiger partial charge in [-0.2, -0.15) is 0 Å². The highest BCUT2D eigenvalue weighted by atomic mass is 16.3. The highest BCUT2D eigenvalue weighted by Gasteiger charge is 2.50. The molecule has 0 aromatic heterocycles. The van der Waals surface area contributed by atoms with E-state index in [9.17, 15) is 5.11 Å². The van der Waals surface area contributed by atoms with Crippen molar-refractivity contribution in [2.75, 3.05) is 0 Å². The van der Waals surface area contributed by atoms with E-state index in [1.165, 1.54) is 27.5 Å². The van der Waals surface area contributed by atoms with Crippen molar-refractivity contribution in [1.29, 1.82) is 0 Å². The molecule has 108 valence electrons. The van der Waals surface area contributed by atoms with Gasteiger partial charge in [0.2, 0.25) is 0 Å². The molecule has 3 unspecified atom stereocenters. The zero-order chi connectivity index (χ0) is 14.9. The molecule has 0 fully saturated rings. The summed E-state index contributed by atoms with van der Waals surface area (Å²) < 4.78 is 0. The van der Waals surface area contributed by atoms with Crippen LogP contribution in [0.3, 0.4) is 0 Å². The Morgan fingerprint density at radius 3 is 2.59 bits per heavy atom. The first-order valence-electron chi connectivity index (χ1n) is 7.77. The van der Waals surface area contributed by atoms with E-state index in [0.29, 0.717) is 0 Å². The lowest BCUT2D eigenvalue weighted by atomic mass is 9.81. The van der Waals surface area contributed by atoms with E-state index in [1.54, 1.807) is 0 Å².